The molecule has 2 rings (SSSR count). The fraction of sp³-hybridized carbons (Fsp3) is 0.250. The Kier molecular flexibility index (Phi) is 6.50. The lowest BCUT2D eigenvalue weighted by Crippen LogP contribution is -2.24. The first-order chi connectivity index (χ1) is 11.1. The first-order valence-corrected chi connectivity index (χ1v) is 7.74. The molecule has 0 spiro atoms. The third kappa shape index (κ3) is 5.62. The first-order valence-electron chi connectivity index (χ1n) is 6.99. The quantitative estimate of drug-likeness (QED) is 0.577. The molecule has 1 aromatic carbocycles. The third-order valence-electron chi connectivity index (χ3n) is 2.93. The lowest BCUT2D eigenvalue weighted by molar-refractivity contribution is -0.111. The number of ether oxygens (including phenoxy) is 1. The third-order valence-corrected chi connectivity index (χ3v) is 3.43. The minimum atomic E-state index is -0.420. The number of benzene rings is 1. The van der Waals surface area contributed by atoms with Crippen molar-refractivity contribution in [3.63, 3.8) is 0 Å². The van der Waals surface area contributed by atoms with Crippen molar-refractivity contribution in [2.24, 2.45) is 0 Å². The Hall–Kier alpha value is -1.98. The van der Waals surface area contributed by atoms with Crippen molar-refractivity contribution in [1.29, 1.82) is 0 Å². The van der Waals surface area contributed by atoms with E-state index < -0.39 is 5.24 Å². The average Bonchev–Trinajstić information content (AvgIpc) is 2.99. The van der Waals surface area contributed by atoms with Crippen molar-refractivity contribution in [2.75, 3.05) is 6.54 Å². The summed E-state index contributed by atoms with van der Waals surface area (Å²) < 4.78 is 10.9. The van der Waals surface area contributed by atoms with Crippen LogP contribution in [0.5, 0.6) is 5.75 Å². The van der Waals surface area contributed by atoms with E-state index in [2.05, 4.69) is 5.32 Å². The molecule has 7 heteroatoms. The first kappa shape index (κ1) is 17.4. The van der Waals surface area contributed by atoms with E-state index >= 15 is 0 Å². The second-order valence-electron chi connectivity index (χ2n) is 4.70. The van der Waals surface area contributed by atoms with Crippen LogP contribution in [0.4, 0.5) is 0 Å². The van der Waals surface area contributed by atoms with Crippen molar-refractivity contribution in [1.82, 2.24) is 5.32 Å². The molecule has 0 atom stereocenters. The fourth-order valence-electron chi connectivity index (χ4n) is 1.80. The highest BCUT2D eigenvalue weighted by molar-refractivity contribution is 6.63. The SMILES string of the molecule is O=C(Cl)CCCNC(=O)c1ccc(COc2ccccc2Cl)o1. The van der Waals surface area contributed by atoms with E-state index in [1.807, 2.05) is 12.1 Å². The van der Waals surface area contributed by atoms with E-state index in [1.165, 1.54) is 0 Å². The van der Waals surface area contributed by atoms with Crippen LogP contribution in [0, 0.1) is 0 Å². The number of nitrogens with one attached hydrogen (secondary N) is 1. The molecule has 2 aromatic rings. The number of furan rings is 1. The summed E-state index contributed by atoms with van der Waals surface area (Å²) in [6, 6.07) is 10.3. The maximum atomic E-state index is 11.8. The number of rotatable bonds is 8. The topological polar surface area (TPSA) is 68.5 Å². The highest BCUT2D eigenvalue weighted by Crippen LogP contribution is 2.24. The Labute approximate surface area is 143 Å². The zero-order chi connectivity index (χ0) is 16.7. The minimum absolute atomic E-state index is 0.164. The number of carbonyl (C=O) groups excluding carboxylic acids is 2. The predicted molar refractivity (Wildman–Crippen MR) is 86.9 cm³/mol. The van der Waals surface area contributed by atoms with Gasteiger partial charge in [0.1, 0.15) is 18.1 Å². The smallest absolute Gasteiger partial charge is 0.286 e. The molecular formula is C16H15Cl2NO4. The van der Waals surface area contributed by atoms with Gasteiger partial charge in [-0.3, -0.25) is 9.59 Å². The Morgan fingerprint density at radius 2 is 1.96 bits per heavy atom. The number of amides is 1. The van der Waals surface area contributed by atoms with E-state index in [0.29, 0.717) is 29.5 Å². The molecule has 5 nitrogen and oxygen atoms in total. The van der Waals surface area contributed by atoms with Crippen molar-refractivity contribution >= 4 is 34.4 Å². The second-order valence-corrected chi connectivity index (χ2v) is 5.53. The molecule has 1 heterocycles. The Bertz CT molecular complexity index is 684. The number of carbonyl (C=O) groups is 2. The molecule has 1 N–H and O–H groups in total. The van der Waals surface area contributed by atoms with E-state index in [4.69, 9.17) is 32.4 Å². The van der Waals surface area contributed by atoms with Crippen LogP contribution in [0.3, 0.4) is 0 Å². The van der Waals surface area contributed by atoms with Gasteiger partial charge in [-0.25, -0.2) is 0 Å². The zero-order valence-electron chi connectivity index (χ0n) is 12.2. The number of para-hydroxylation sites is 1. The summed E-state index contributed by atoms with van der Waals surface area (Å²) in [7, 11) is 0. The van der Waals surface area contributed by atoms with Crippen LogP contribution in [0.2, 0.25) is 5.02 Å². The van der Waals surface area contributed by atoms with Crippen molar-refractivity contribution < 1.29 is 18.7 Å². The number of halogens is 2. The Balaban J connectivity index is 1.82. The molecule has 23 heavy (non-hydrogen) atoms. The lowest BCUT2D eigenvalue weighted by Gasteiger charge is -2.05. The summed E-state index contributed by atoms with van der Waals surface area (Å²) in [5.74, 6) is 0.879. The lowest BCUT2D eigenvalue weighted by atomic mass is 10.3. The summed E-state index contributed by atoms with van der Waals surface area (Å²) in [5.41, 5.74) is 0. The Morgan fingerprint density at radius 3 is 2.70 bits per heavy atom. The van der Waals surface area contributed by atoms with Crippen LogP contribution in [0.15, 0.2) is 40.8 Å². The summed E-state index contributed by atoms with van der Waals surface area (Å²) in [5, 5.41) is 2.73. The van der Waals surface area contributed by atoms with Crippen molar-refractivity contribution in [3.8, 4) is 5.75 Å². The fourth-order valence-corrected chi connectivity index (χ4v) is 2.13. The molecule has 1 amide bonds. The molecule has 1 aromatic heterocycles. The van der Waals surface area contributed by atoms with Crippen LogP contribution in [0.25, 0.3) is 0 Å². The van der Waals surface area contributed by atoms with Gasteiger partial charge in [0.05, 0.1) is 5.02 Å². The second kappa shape index (κ2) is 8.60. The van der Waals surface area contributed by atoms with Crippen LogP contribution in [-0.4, -0.2) is 17.7 Å². The maximum Gasteiger partial charge on any atom is 0.286 e. The largest absolute Gasteiger partial charge is 0.484 e. The predicted octanol–water partition coefficient (Wildman–Crippen LogP) is 3.79. The van der Waals surface area contributed by atoms with Gasteiger partial charge in [0.25, 0.3) is 5.91 Å². The molecule has 0 saturated heterocycles. The van der Waals surface area contributed by atoms with Crippen molar-refractivity contribution in [2.45, 2.75) is 19.4 Å². The summed E-state index contributed by atoms with van der Waals surface area (Å²) in [4.78, 5) is 22.4. The summed E-state index contributed by atoms with van der Waals surface area (Å²) in [6.07, 6.45) is 0.703. The van der Waals surface area contributed by atoms with Gasteiger partial charge in [0, 0.05) is 13.0 Å². The number of hydrogen-bond donors (Lipinski definition) is 1. The van der Waals surface area contributed by atoms with Gasteiger partial charge in [-0.05, 0) is 42.3 Å². The standard InChI is InChI=1S/C16H15Cl2NO4/c17-12-4-1-2-5-13(12)22-10-11-7-8-14(23-11)16(21)19-9-3-6-15(18)20/h1-2,4-5,7-8H,3,6,9-10H2,(H,19,21). The van der Waals surface area contributed by atoms with Gasteiger partial charge in [-0.15, -0.1) is 0 Å². The van der Waals surface area contributed by atoms with Crippen LogP contribution in [-0.2, 0) is 11.4 Å². The van der Waals surface area contributed by atoms with E-state index in [-0.39, 0.29) is 24.7 Å². The maximum absolute atomic E-state index is 11.8. The molecule has 0 aliphatic rings. The van der Waals surface area contributed by atoms with Gasteiger partial charge in [-0.1, -0.05) is 23.7 Å². The van der Waals surface area contributed by atoms with Crippen LogP contribution >= 0.6 is 23.2 Å². The molecule has 0 unspecified atom stereocenters. The normalized spacial score (nSPS) is 10.3. The molecule has 122 valence electrons. The summed E-state index contributed by atoms with van der Waals surface area (Å²) >= 11 is 11.2. The highest BCUT2D eigenvalue weighted by atomic mass is 35.5. The van der Waals surface area contributed by atoms with Gasteiger partial charge in [0.2, 0.25) is 5.24 Å². The van der Waals surface area contributed by atoms with Gasteiger partial charge >= 0.3 is 0 Å². The zero-order valence-corrected chi connectivity index (χ0v) is 13.7. The highest BCUT2D eigenvalue weighted by Gasteiger charge is 2.11. The van der Waals surface area contributed by atoms with E-state index in [0.717, 1.165) is 0 Å². The average molecular weight is 356 g/mol. The van der Waals surface area contributed by atoms with Gasteiger partial charge < -0.3 is 14.5 Å². The van der Waals surface area contributed by atoms with Crippen LogP contribution < -0.4 is 10.1 Å². The van der Waals surface area contributed by atoms with Crippen LogP contribution in [0.1, 0.15) is 29.2 Å². The monoisotopic (exact) mass is 355 g/mol. The van der Waals surface area contributed by atoms with E-state index in [9.17, 15) is 9.59 Å². The van der Waals surface area contributed by atoms with Crippen molar-refractivity contribution in [3.05, 3.63) is 52.9 Å². The molecule has 0 bridgehead atoms. The molecule has 0 fully saturated rings. The van der Waals surface area contributed by atoms with Gasteiger partial charge in [-0.2, -0.15) is 0 Å². The molecule has 0 aliphatic carbocycles. The van der Waals surface area contributed by atoms with Gasteiger partial charge in [0.15, 0.2) is 5.76 Å². The molecule has 0 saturated carbocycles. The molecular weight excluding hydrogens is 341 g/mol. The summed E-state index contributed by atoms with van der Waals surface area (Å²) in [6.45, 7) is 0.515. The molecule has 0 aliphatic heterocycles. The minimum Gasteiger partial charge on any atom is -0.484 e. The molecule has 0 radical (unpaired) electrons. The van der Waals surface area contributed by atoms with E-state index in [1.54, 1.807) is 24.3 Å². The number of hydrogen-bond acceptors (Lipinski definition) is 4. The Morgan fingerprint density at radius 1 is 1.17 bits per heavy atom.